The fraction of sp³-hybridized carbons (Fsp3) is 0.667. The molecule has 29 heavy (non-hydrogen) atoms. The molecule has 2 fully saturated rings. The van der Waals surface area contributed by atoms with E-state index in [0.29, 0.717) is 25.2 Å². The molecule has 0 radical (unpaired) electrons. The third-order valence-corrected chi connectivity index (χ3v) is 7.79. The molecule has 2 saturated heterocycles. The maximum absolute atomic E-state index is 12.8. The quantitative estimate of drug-likeness (QED) is 0.645. The van der Waals surface area contributed by atoms with Crippen molar-refractivity contribution in [1.29, 1.82) is 0 Å². The molecule has 1 aromatic carbocycles. The summed E-state index contributed by atoms with van der Waals surface area (Å²) in [6.07, 6.45) is 3.76. The second kappa shape index (κ2) is 10.5. The summed E-state index contributed by atoms with van der Waals surface area (Å²) in [7, 11) is -3.52. The van der Waals surface area contributed by atoms with E-state index in [9.17, 15) is 13.2 Å². The van der Waals surface area contributed by atoms with E-state index in [1.165, 1.54) is 10.4 Å². The molecule has 8 heteroatoms. The Morgan fingerprint density at radius 2 is 1.69 bits per heavy atom. The van der Waals surface area contributed by atoms with Crippen molar-refractivity contribution in [3.63, 3.8) is 0 Å². The Morgan fingerprint density at radius 1 is 1.00 bits per heavy atom. The van der Waals surface area contributed by atoms with Gasteiger partial charge in [-0.25, -0.2) is 8.42 Å². The van der Waals surface area contributed by atoms with Crippen LogP contribution in [0.25, 0.3) is 0 Å². The van der Waals surface area contributed by atoms with E-state index in [1.54, 1.807) is 18.2 Å². The van der Waals surface area contributed by atoms with Crippen molar-refractivity contribution in [2.75, 3.05) is 58.9 Å². The van der Waals surface area contributed by atoms with Crippen molar-refractivity contribution < 1.29 is 13.2 Å². The van der Waals surface area contributed by atoms with Gasteiger partial charge in [-0.1, -0.05) is 19.4 Å². The molecule has 2 aliphatic heterocycles. The average Bonchev–Trinajstić information content (AvgIpc) is 2.77. The van der Waals surface area contributed by atoms with Gasteiger partial charge in [0, 0.05) is 51.4 Å². The standard InChI is InChI=1S/C21H34N4O3S/c1-2-23-14-16-24(17-15-23)11-7-10-22-21(26)19-8-6-9-20(18-19)29(27,28)25-12-4-3-5-13-25/h6,8-9,18H,2-5,7,10-17H2,1H3,(H,22,26). The van der Waals surface area contributed by atoms with Crippen LogP contribution in [0.1, 0.15) is 43.0 Å². The van der Waals surface area contributed by atoms with Gasteiger partial charge in [-0.15, -0.1) is 0 Å². The van der Waals surface area contributed by atoms with E-state index in [0.717, 1.165) is 65.0 Å². The maximum atomic E-state index is 12.8. The second-order valence-electron chi connectivity index (χ2n) is 7.88. The van der Waals surface area contributed by atoms with Crippen LogP contribution < -0.4 is 5.32 Å². The van der Waals surface area contributed by atoms with Crippen LogP contribution in [-0.4, -0.2) is 87.3 Å². The molecule has 0 aromatic heterocycles. The van der Waals surface area contributed by atoms with Gasteiger partial charge in [-0.3, -0.25) is 4.79 Å². The Kier molecular flexibility index (Phi) is 8.06. The van der Waals surface area contributed by atoms with Gasteiger partial charge in [-0.05, 0) is 50.6 Å². The summed E-state index contributed by atoms with van der Waals surface area (Å²) < 4.78 is 27.2. The number of piperidine rings is 1. The minimum Gasteiger partial charge on any atom is -0.352 e. The number of hydrogen-bond donors (Lipinski definition) is 1. The zero-order valence-corrected chi connectivity index (χ0v) is 18.3. The van der Waals surface area contributed by atoms with E-state index in [4.69, 9.17) is 0 Å². The number of benzene rings is 1. The van der Waals surface area contributed by atoms with Gasteiger partial charge in [0.25, 0.3) is 5.91 Å². The second-order valence-corrected chi connectivity index (χ2v) is 9.82. The first-order valence-corrected chi connectivity index (χ1v) is 12.3. The van der Waals surface area contributed by atoms with Crippen LogP contribution in [-0.2, 0) is 10.0 Å². The first-order chi connectivity index (χ1) is 14.0. The largest absolute Gasteiger partial charge is 0.352 e. The van der Waals surface area contributed by atoms with Crippen LogP contribution in [0.4, 0.5) is 0 Å². The predicted octanol–water partition coefficient (Wildman–Crippen LogP) is 1.62. The van der Waals surface area contributed by atoms with Crippen molar-refractivity contribution in [2.24, 2.45) is 0 Å². The molecule has 1 aromatic rings. The van der Waals surface area contributed by atoms with Crippen molar-refractivity contribution in [3.8, 4) is 0 Å². The molecule has 0 bridgehead atoms. The van der Waals surface area contributed by atoms with Crippen molar-refractivity contribution in [1.82, 2.24) is 19.4 Å². The van der Waals surface area contributed by atoms with Crippen LogP contribution in [0.3, 0.4) is 0 Å². The molecule has 2 heterocycles. The zero-order valence-electron chi connectivity index (χ0n) is 17.5. The summed E-state index contributed by atoms with van der Waals surface area (Å²) in [5, 5.41) is 2.93. The number of rotatable bonds is 8. The minimum absolute atomic E-state index is 0.209. The molecular formula is C21H34N4O3S. The predicted molar refractivity (Wildman–Crippen MR) is 115 cm³/mol. The number of piperazine rings is 1. The first kappa shape index (κ1) is 22.2. The number of nitrogens with one attached hydrogen (secondary N) is 1. The van der Waals surface area contributed by atoms with Crippen molar-refractivity contribution in [2.45, 2.75) is 37.5 Å². The zero-order chi connectivity index (χ0) is 20.7. The Morgan fingerprint density at radius 3 is 2.38 bits per heavy atom. The van der Waals surface area contributed by atoms with Crippen LogP contribution in [0, 0.1) is 0 Å². The highest BCUT2D eigenvalue weighted by Gasteiger charge is 2.26. The van der Waals surface area contributed by atoms with Gasteiger partial charge >= 0.3 is 0 Å². The first-order valence-electron chi connectivity index (χ1n) is 10.8. The van der Waals surface area contributed by atoms with E-state index in [2.05, 4.69) is 22.0 Å². The van der Waals surface area contributed by atoms with E-state index >= 15 is 0 Å². The van der Waals surface area contributed by atoms with Crippen LogP contribution in [0.5, 0.6) is 0 Å². The summed E-state index contributed by atoms with van der Waals surface area (Å²) in [5.74, 6) is -0.212. The lowest BCUT2D eigenvalue weighted by Gasteiger charge is -2.33. The van der Waals surface area contributed by atoms with Crippen LogP contribution >= 0.6 is 0 Å². The third kappa shape index (κ3) is 6.01. The molecule has 1 amide bonds. The molecule has 0 unspecified atom stereocenters. The highest BCUT2D eigenvalue weighted by molar-refractivity contribution is 7.89. The number of hydrogen-bond acceptors (Lipinski definition) is 5. The van der Waals surface area contributed by atoms with E-state index < -0.39 is 10.0 Å². The topological polar surface area (TPSA) is 73.0 Å². The fourth-order valence-electron chi connectivity index (χ4n) is 3.99. The van der Waals surface area contributed by atoms with Crippen LogP contribution in [0.2, 0.25) is 0 Å². The summed E-state index contributed by atoms with van der Waals surface area (Å²) in [6, 6.07) is 6.41. The van der Waals surface area contributed by atoms with E-state index in [-0.39, 0.29) is 10.8 Å². The summed E-state index contributed by atoms with van der Waals surface area (Å²) in [4.78, 5) is 17.6. The monoisotopic (exact) mass is 422 g/mol. The molecule has 3 rings (SSSR count). The smallest absolute Gasteiger partial charge is 0.251 e. The summed E-state index contributed by atoms with van der Waals surface area (Å²) in [6.45, 7) is 10.4. The van der Waals surface area contributed by atoms with Crippen LogP contribution in [0.15, 0.2) is 29.2 Å². The maximum Gasteiger partial charge on any atom is 0.251 e. The highest BCUT2D eigenvalue weighted by atomic mass is 32.2. The van der Waals surface area contributed by atoms with E-state index in [1.807, 2.05) is 0 Å². The lowest BCUT2D eigenvalue weighted by Crippen LogP contribution is -2.46. The minimum atomic E-state index is -3.52. The molecule has 1 N–H and O–H groups in total. The number of carbonyl (C=O) groups is 1. The number of sulfonamides is 1. The van der Waals surface area contributed by atoms with Crippen molar-refractivity contribution >= 4 is 15.9 Å². The Balaban J connectivity index is 1.48. The van der Waals surface area contributed by atoms with Gasteiger partial charge in [0.15, 0.2) is 0 Å². The van der Waals surface area contributed by atoms with Gasteiger partial charge in [0.05, 0.1) is 4.90 Å². The SMILES string of the molecule is CCN1CCN(CCCNC(=O)c2cccc(S(=O)(=O)N3CCCCC3)c2)CC1. The fourth-order valence-corrected chi connectivity index (χ4v) is 5.55. The summed E-state index contributed by atoms with van der Waals surface area (Å²) in [5.41, 5.74) is 0.402. The molecule has 2 aliphatic rings. The molecule has 0 saturated carbocycles. The molecule has 7 nitrogen and oxygen atoms in total. The van der Waals surface area contributed by atoms with Gasteiger partial charge in [0.1, 0.15) is 0 Å². The number of carbonyl (C=O) groups excluding carboxylic acids is 1. The van der Waals surface area contributed by atoms with Gasteiger partial charge in [-0.2, -0.15) is 4.31 Å². The summed E-state index contributed by atoms with van der Waals surface area (Å²) >= 11 is 0. The average molecular weight is 423 g/mol. The lowest BCUT2D eigenvalue weighted by atomic mass is 10.2. The highest BCUT2D eigenvalue weighted by Crippen LogP contribution is 2.21. The number of amides is 1. The molecule has 162 valence electrons. The molecule has 0 atom stereocenters. The Bertz CT molecular complexity index is 770. The normalized spacial score (nSPS) is 19.9. The molecule has 0 aliphatic carbocycles. The van der Waals surface area contributed by atoms with Crippen molar-refractivity contribution in [3.05, 3.63) is 29.8 Å². The number of nitrogens with zero attached hydrogens (tertiary/aromatic N) is 3. The lowest BCUT2D eigenvalue weighted by molar-refractivity contribution is 0.0948. The Labute approximate surface area is 175 Å². The molecule has 0 spiro atoms. The molecular weight excluding hydrogens is 388 g/mol. The number of likely N-dealkylation sites (N-methyl/N-ethyl adjacent to an activating group) is 1. The van der Waals surface area contributed by atoms with Gasteiger partial charge in [0.2, 0.25) is 10.0 Å². The van der Waals surface area contributed by atoms with Gasteiger partial charge < -0.3 is 15.1 Å². The third-order valence-electron chi connectivity index (χ3n) is 5.90. The Hall–Kier alpha value is -1.48.